The Morgan fingerprint density at radius 1 is 0.304 bits per heavy atom. The van der Waals surface area contributed by atoms with Crippen molar-refractivity contribution in [2.24, 2.45) is 0 Å². The lowest BCUT2D eigenvalue weighted by molar-refractivity contribution is 0.589. The van der Waals surface area contributed by atoms with Crippen LogP contribution in [-0.4, -0.2) is 4.57 Å². The smallest absolute Gasteiger partial charge is 0.0541 e. The maximum Gasteiger partial charge on any atom is 0.0541 e. The fraction of sp³-hybridized carbons (Fsp3) is 0.143. The van der Waals surface area contributed by atoms with Gasteiger partial charge in [0.1, 0.15) is 0 Å². The molecule has 1 aromatic heterocycles. The van der Waals surface area contributed by atoms with E-state index in [2.05, 4.69) is 320 Å². The molecule has 79 heavy (non-hydrogen) atoms. The van der Waals surface area contributed by atoms with Gasteiger partial charge in [-0.25, -0.2) is 0 Å². The van der Waals surface area contributed by atoms with Crippen molar-refractivity contribution in [1.29, 1.82) is 0 Å². The van der Waals surface area contributed by atoms with E-state index >= 15 is 0 Å². The molecule has 12 aromatic rings. The summed E-state index contributed by atoms with van der Waals surface area (Å²) < 4.78 is 2.49. The molecule has 1 aliphatic carbocycles. The predicted molar refractivity (Wildman–Crippen MR) is 338 cm³/mol. The molecule has 0 bridgehead atoms. The van der Waals surface area contributed by atoms with Gasteiger partial charge in [-0.1, -0.05) is 231 Å². The molecular formula is C77H66N2. The molecule has 2 nitrogen and oxygen atoms in total. The second kappa shape index (κ2) is 19.2. The first-order valence-electron chi connectivity index (χ1n) is 28.0. The second-order valence-electron chi connectivity index (χ2n) is 24.3. The summed E-state index contributed by atoms with van der Waals surface area (Å²) in [7, 11) is 0. The number of para-hydroxylation sites is 1. The molecule has 0 aliphatic heterocycles. The standard InChI is InChI=1S/C77H66N2/c1-75(2,3)61-44-58(56-25-19-24-55(42-56)52-22-13-10-14-23-52)43-59(45-61)60-46-62(76(4,5)6)49-66(47-60)79-73-29-18-16-27-69(73)70-48-57(34-41-74(70)79)54-32-37-64(38-33-54)78(63-35-30-53(31-36-63)51-20-11-9-12-21-51)65-39-40-68-67-26-15-17-28-71(67)77(7,8)72(68)50-65/h9-50H,1-8H3. The maximum atomic E-state index is 2.49. The first-order chi connectivity index (χ1) is 38.2. The zero-order valence-corrected chi connectivity index (χ0v) is 46.6. The van der Waals surface area contributed by atoms with E-state index in [4.69, 9.17) is 0 Å². The Hall–Kier alpha value is -8.98. The van der Waals surface area contributed by atoms with Crippen molar-refractivity contribution in [3.05, 3.63) is 277 Å². The summed E-state index contributed by atoms with van der Waals surface area (Å²) in [6.07, 6.45) is 0. The van der Waals surface area contributed by atoms with Crippen molar-refractivity contribution in [2.45, 2.75) is 71.6 Å². The highest BCUT2D eigenvalue weighted by molar-refractivity contribution is 6.10. The average Bonchev–Trinajstić information content (AvgIpc) is 4.17. The van der Waals surface area contributed by atoms with Gasteiger partial charge in [-0.3, -0.25) is 0 Å². The Morgan fingerprint density at radius 3 is 1.41 bits per heavy atom. The first-order valence-corrected chi connectivity index (χ1v) is 28.0. The van der Waals surface area contributed by atoms with Gasteiger partial charge in [0.25, 0.3) is 0 Å². The Balaban J connectivity index is 0.898. The Labute approximate surface area is 466 Å². The molecule has 0 atom stereocenters. The molecule has 1 heterocycles. The zero-order chi connectivity index (χ0) is 54.2. The quantitative estimate of drug-likeness (QED) is 0.140. The number of fused-ring (bicyclic) bond motifs is 6. The van der Waals surface area contributed by atoms with Gasteiger partial charge in [-0.15, -0.1) is 0 Å². The van der Waals surface area contributed by atoms with Crippen LogP contribution in [0.15, 0.2) is 255 Å². The van der Waals surface area contributed by atoms with Crippen LogP contribution in [0.1, 0.15) is 77.6 Å². The van der Waals surface area contributed by atoms with Crippen LogP contribution in [-0.2, 0) is 16.2 Å². The monoisotopic (exact) mass is 1020 g/mol. The Morgan fingerprint density at radius 2 is 0.747 bits per heavy atom. The molecule has 0 saturated carbocycles. The fourth-order valence-electron chi connectivity index (χ4n) is 12.2. The summed E-state index contributed by atoms with van der Waals surface area (Å²) in [6, 6.07) is 95.0. The van der Waals surface area contributed by atoms with Crippen LogP contribution in [0.5, 0.6) is 0 Å². The van der Waals surface area contributed by atoms with E-state index in [-0.39, 0.29) is 16.2 Å². The minimum absolute atomic E-state index is 0.0568. The van der Waals surface area contributed by atoms with Crippen molar-refractivity contribution in [3.8, 4) is 72.4 Å². The first kappa shape index (κ1) is 49.6. The third-order valence-corrected chi connectivity index (χ3v) is 16.7. The number of nitrogens with zero attached hydrogens (tertiary/aromatic N) is 2. The molecule has 2 heteroatoms. The van der Waals surface area contributed by atoms with Crippen molar-refractivity contribution in [1.82, 2.24) is 4.57 Å². The molecule has 0 radical (unpaired) electrons. The summed E-state index contributed by atoms with van der Waals surface area (Å²) in [4.78, 5) is 2.41. The molecule has 0 amide bonds. The minimum Gasteiger partial charge on any atom is -0.310 e. The largest absolute Gasteiger partial charge is 0.310 e. The highest BCUT2D eigenvalue weighted by Gasteiger charge is 2.36. The van der Waals surface area contributed by atoms with Crippen LogP contribution >= 0.6 is 0 Å². The summed E-state index contributed by atoms with van der Waals surface area (Å²) in [5, 5.41) is 2.47. The summed E-state index contributed by atoms with van der Waals surface area (Å²) in [5.41, 5.74) is 26.7. The Bertz CT molecular complexity index is 4260. The van der Waals surface area contributed by atoms with Gasteiger partial charge in [0.05, 0.1) is 11.0 Å². The lowest BCUT2D eigenvalue weighted by atomic mass is 9.81. The van der Waals surface area contributed by atoms with Gasteiger partial charge in [-0.2, -0.15) is 0 Å². The van der Waals surface area contributed by atoms with Crippen molar-refractivity contribution >= 4 is 38.9 Å². The van der Waals surface area contributed by atoms with Gasteiger partial charge in [0, 0.05) is 38.9 Å². The van der Waals surface area contributed by atoms with Gasteiger partial charge >= 0.3 is 0 Å². The number of benzene rings is 11. The molecule has 0 spiro atoms. The molecule has 384 valence electrons. The van der Waals surface area contributed by atoms with Crippen LogP contribution < -0.4 is 4.90 Å². The van der Waals surface area contributed by atoms with Gasteiger partial charge < -0.3 is 9.47 Å². The van der Waals surface area contributed by atoms with E-state index < -0.39 is 0 Å². The lowest BCUT2D eigenvalue weighted by Crippen LogP contribution is -2.16. The molecular weight excluding hydrogens is 953 g/mol. The zero-order valence-electron chi connectivity index (χ0n) is 46.6. The third-order valence-electron chi connectivity index (χ3n) is 16.7. The number of hydrogen-bond donors (Lipinski definition) is 0. The summed E-state index contributed by atoms with van der Waals surface area (Å²) in [5.74, 6) is 0. The van der Waals surface area contributed by atoms with E-state index in [1.165, 1.54) is 111 Å². The fourth-order valence-corrected chi connectivity index (χ4v) is 12.2. The summed E-state index contributed by atoms with van der Waals surface area (Å²) in [6.45, 7) is 18.7. The third kappa shape index (κ3) is 9.06. The molecule has 0 saturated heterocycles. The van der Waals surface area contributed by atoms with E-state index in [9.17, 15) is 0 Å². The predicted octanol–water partition coefficient (Wildman–Crippen LogP) is 21.5. The average molecular weight is 1020 g/mol. The number of hydrogen-bond acceptors (Lipinski definition) is 1. The van der Waals surface area contributed by atoms with Crippen LogP contribution in [0.25, 0.3) is 94.3 Å². The molecule has 0 N–H and O–H groups in total. The number of rotatable bonds is 9. The van der Waals surface area contributed by atoms with Crippen LogP contribution in [0.2, 0.25) is 0 Å². The highest BCUT2D eigenvalue weighted by Crippen LogP contribution is 2.51. The van der Waals surface area contributed by atoms with E-state index in [0.29, 0.717) is 0 Å². The normalized spacial score (nSPS) is 12.9. The van der Waals surface area contributed by atoms with Gasteiger partial charge in [0.2, 0.25) is 0 Å². The van der Waals surface area contributed by atoms with E-state index in [0.717, 1.165) is 22.7 Å². The summed E-state index contributed by atoms with van der Waals surface area (Å²) >= 11 is 0. The van der Waals surface area contributed by atoms with Crippen molar-refractivity contribution in [3.63, 3.8) is 0 Å². The van der Waals surface area contributed by atoms with E-state index in [1.807, 2.05) is 0 Å². The van der Waals surface area contributed by atoms with Gasteiger partial charge in [-0.05, 0) is 179 Å². The maximum absolute atomic E-state index is 2.49. The topological polar surface area (TPSA) is 8.17 Å². The second-order valence-corrected chi connectivity index (χ2v) is 24.3. The van der Waals surface area contributed by atoms with Crippen LogP contribution in [0.3, 0.4) is 0 Å². The van der Waals surface area contributed by atoms with Crippen molar-refractivity contribution in [2.75, 3.05) is 4.90 Å². The number of anilines is 3. The molecule has 11 aromatic carbocycles. The molecule has 0 unspecified atom stereocenters. The molecule has 13 rings (SSSR count). The van der Waals surface area contributed by atoms with E-state index in [1.54, 1.807) is 0 Å². The molecule has 0 fully saturated rings. The van der Waals surface area contributed by atoms with Crippen LogP contribution in [0.4, 0.5) is 17.1 Å². The lowest BCUT2D eigenvalue weighted by Gasteiger charge is -2.28. The molecule has 1 aliphatic rings. The van der Waals surface area contributed by atoms with Crippen LogP contribution in [0, 0.1) is 0 Å². The SMILES string of the molecule is CC(C)(C)c1cc(-c2cccc(-c3ccccc3)c2)cc(-c2cc(-n3c4ccccc4c4cc(-c5ccc(N(c6ccc(-c7ccccc7)cc6)c6ccc7c(c6)C(C)(C)c6ccccc6-7)cc5)ccc43)cc(C(C)(C)C)c2)c1. The Kier molecular flexibility index (Phi) is 12.0. The minimum atomic E-state index is -0.118. The highest BCUT2D eigenvalue weighted by atomic mass is 15.1. The van der Waals surface area contributed by atoms with Crippen molar-refractivity contribution < 1.29 is 0 Å². The number of aromatic nitrogens is 1. The van der Waals surface area contributed by atoms with Gasteiger partial charge in [0.15, 0.2) is 0 Å².